The molecule has 7 heteroatoms. The van der Waals surface area contributed by atoms with Crippen LogP contribution in [0, 0.1) is 12.8 Å². The molecular formula is C28H38N6O. The lowest BCUT2D eigenvalue weighted by Crippen LogP contribution is -2.42. The second-order valence-corrected chi connectivity index (χ2v) is 10.1. The largest absolute Gasteiger partial charge is 0.366 e. The van der Waals surface area contributed by atoms with E-state index in [-0.39, 0.29) is 11.8 Å². The van der Waals surface area contributed by atoms with Gasteiger partial charge in [-0.15, -0.1) is 0 Å². The van der Waals surface area contributed by atoms with Crippen molar-refractivity contribution in [1.82, 2.24) is 20.2 Å². The van der Waals surface area contributed by atoms with Crippen molar-refractivity contribution >= 4 is 24.5 Å². The first-order valence-electron chi connectivity index (χ1n) is 12.9. The molecule has 0 atom stereocenters. The molecule has 2 N–H and O–H groups in total. The summed E-state index contributed by atoms with van der Waals surface area (Å²) in [5, 5.41) is 6.54. The monoisotopic (exact) mass is 474 g/mol. The molecule has 0 radical (unpaired) electrons. The van der Waals surface area contributed by atoms with E-state index in [1.807, 2.05) is 13.0 Å². The van der Waals surface area contributed by atoms with Gasteiger partial charge >= 0.3 is 0 Å². The van der Waals surface area contributed by atoms with Crippen LogP contribution in [0.1, 0.15) is 63.5 Å². The number of nitrogens with one attached hydrogen (secondary N) is 2. The molecule has 1 aliphatic carbocycles. The average molecular weight is 475 g/mol. The third kappa shape index (κ3) is 6.54. The van der Waals surface area contributed by atoms with Crippen molar-refractivity contribution in [3.05, 3.63) is 47.5 Å². The first-order valence-corrected chi connectivity index (χ1v) is 12.9. The van der Waals surface area contributed by atoms with Gasteiger partial charge in [0.2, 0.25) is 5.91 Å². The number of aliphatic imine (C=N–C) groups is 1. The van der Waals surface area contributed by atoms with Crippen molar-refractivity contribution in [3.63, 3.8) is 0 Å². The summed E-state index contributed by atoms with van der Waals surface area (Å²) in [6.45, 7) is 12.4. The van der Waals surface area contributed by atoms with E-state index < -0.39 is 0 Å². The number of carbonyl (C=O) groups excluding carboxylic acids is 1. The number of aryl methyl sites for hydroxylation is 1. The smallest absolute Gasteiger partial charge is 0.228 e. The van der Waals surface area contributed by atoms with E-state index in [1.165, 1.54) is 0 Å². The highest BCUT2D eigenvalue weighted by molar-refractivity contribution is 5.82. The summed E-state index contributed by atoms with van der Waals surface area (Å²) in [5.41, 5.74) is 3.84. The zero-order valence-electron chi connectivity index (χ0n) is 21.3. The molecule has 0 spiro atoms. The van der Waals surface area contributed by atoms with Crippen LogP contribution in [-0.4, -0.2) is 52.7 Å². The van der Waals surface area contributed by atoms with Crippen LogP contribution in [-0.2, 0) is 4.79 Å². The quantitative estimate of drug-likeness (QED) is 0.524. The molecule has 1 saturated carbocycles. The molecule has 35 heavy (non-hydrogen) atoms. The summed E-state index contributed by atoms with van der Waals surface area (Å²) in [4.78, 5) is 28.4. The highest BCUT2D eigenvalue weighted by Gasteiger charge is 2.23. The second-order valence-electron chi connectivity index (χ2n) is 10.1. The SMILES string of the molecule is C=N/C(=C\c1cc(-c2cncc(NC3CCN(C(C)C)CC3)n2)ccc1C)NC(=O)C1CCCC1. The number of aromatic nitrogens is 2. The molecule has 0 bridgehead atoms. The molecule has 1 aliphatic heterocycles. The van der Waals surface area contributed by atoms with Gasteiger partial charge in [-0.2, -0.15) is 0 Å². The third-order valence-electron chi connectivity index (χ3n) is 7.26. The molecule has 1 aromatic carbocycles. The molecule has 186 valence electrons. The lowest BCUT2D eigenvalue weighted by atomic mass is 10.0. The Kier molecular flexibility index (Phi) is 8.29. The Hall–Kier alpha value is -3.06. The Labute approximate surface area is 209 Å². The van der Waals surface area contributed by atoms with Gasteiger partial charge in [-0.05, 0) is 76.4 Å². The summed E-state index contributed by atoms with van der Waals surface area (Å²) in [6, 6.07) is 7.19. The van der Waals surface area contributed by atoms with Crippen molar-refractivity contribution in [1.29, 1.82) is 0 Å². The van der Waals surface area contributed by atoms with Gasteiger partial charge in [-0.25, -0.2) is 9.98 Å². The second kappa shape index (κ2) is 11.6. The molecule has 4 rings (SSSR count). The molecule has 1 saturated heterocycles. The van der Waals surface area contributed by atoms with Crippen LogP contribution in [0.5, 0.6) is 0 Å². The Morgan fingerprint density at radius 1 is 1.17 bits per heavy atom. The number of carbonyl (C=O) groups is 1. The lowest BCUT2D eigenvalue weighted by molar-refractivity contribution is -0.124. The summed E-state index contributed by atoms with van der Waals surface area (Å²) < 4.78 is 0. The van der Waals surface area contributed by atoms with Gasteiger partial charge in [-0.3, -0.25) is 9.78 Å². The molecule has 2 aliphatic rings. The predicted octanol–water partition coefficient (Wildman–Crippen LogP) is 5.04. The molecule has 1 aromatic heterocycles. The van der Waals surface area contributed by atoms with Crippen LogP contribution in [0.15, 0.2) is 41.4 Å². The predicted molar refractivity (Wildman–Crippen MR) is 143 cm³/mol. The fourth-order valence-electron chi connectivity index (χ4n) is 4.98. The normalized spacial score (nSPS) is 18.1. The minimum absolute atomic E-state index is 0.0406. The zero-order chi connectivity index (χ0) is 24.8. The number of likely N-dealkylation sites (tertiary alicyclic amines) is 1. The van der Waals surface area contributed by atoms with Crippen molar-refractivity contribution in [3.8, 4) is 11.3 Å². The van der Waals surface area contributed by atoms with Crippen molar-refractivity contribution in [2.45, 2.75) is 71.4 Å². The number of nitrogens with zero attached hydrogens (tertiary/aromatic N) is 4. The van der Waals surface area contributed by atoms with Gasteiger partial charge in [0, 0.05) is 36.7 Å². The summed E-state index contributed by atoms with van der Waals surface area (Å²) in [6.07, 6.45) is 11.8. The van der Waals surface area contributed by atoms with Crippen molar-refractivity contribution in [2.75, 3.05) is 18.4 Å². The Balaban J connectivity index is 1.47. The zero-order valence-corrected chi connectivity index (χ0v) is 21.3. The summed E-state index contributed by atoms with van der Waals surface area (Å²) >= 11 is 0. The van der Waals surface area contributed by atoms with E-state index in [1.54, 1.807) is 12.4 Å². The highest BCUT2D eigenvalue weighted by atomic mass is 16.2. The van der Waals surface area contributed by atoms with Gasteiger partial charge in [0.25, 0.3) is 0 Å². The first-order chi connectivity index (χ1) is 16.9. The van der Waals surface area contributed by atoms with Gasteiger partial charge in [-0.1, -0.05) is 25.0 Å². The Morgan fingerprint density at radius 2 is 1.91 bits per heavy atom. The van der Waals surface area contributed by atoms with Gasteiger partial charge < -0.3 is 15.5 Å². The van der Waals surface area contributed by atoms with Crippen molar-refractivity contribution < 1.29 is 4.79 Å². The number of hydrogen-bond donors (Lipinski definition) is 2. The van der Waals surface area contributed by atoms with Crippen LogP contribution in [0.3, 0.4) is 0 Å². The first kappa shape index (κ1) is 25.0. The van der Waals surface area contributed by atoms with Crippen molar-refractivity contribution in [2.24, 2.45) is 10.9 Å². The maximum absolute atomic E-state index is 12.6. The van der Waals surface area contributed by atoms with Crippen LogP contribution in [0.25, 0.3) is 17.3 Å². The molecule has 7 nitrogen and oxygen atoms in total. The average Bonchev–Trinajstić information content (AvgIpc) is 3.41. The van der Waals surface area contributed by atoms with Crippen LogP contribution < -0.4 is 10.6 Å². The number of hydrogen-bond acceptors (Lipinski definition) is 6. The molecule has 2 aromatic rings. The third-order valence-corrected chi connectivity index (χ3v) is 7.26. The van der Waals surface area contributed by atoms with E-state index >= 15 is 0 Å². The van der Waals surface area contributed by atoms with Gasteiger partial charge in [0.1, 0.15) is 11.6 Å². The fourth-order valence-corrected chi connectivity index (χ4v) is 4.98. The van der Waals surface area contributed by atoms with Crippen LogP contribution in [0.2, 0.25) is 0 Å². The molecular weight excluding hydrogens is 436 g/mol. The molecule has 1 amide bonds. The minimum Gasteiger partial charge on any atom is -0.366 e. The van der Waals surface area contributed by atoms with Crippen LogP contribution in [0.4, 0.5) is 5.82 Å². The molecule has 2 heterocycles. The number of anilines is 1. The van der Waals surface area contributed by atoms with E-state index in [9.17, 15) is 4.79 Å². The van der Waals surface area contributed by atoms with E-state index in [0.29, 0.717) is 17.9 Å². The lowest BCUT2D eigenvalue weighted by Gasteiger charge is -2.35. The number of benzene rings is 1. The number of piperidine rings is 1. The highest BCUT2D eigenvalue weighted by Crippen LogP contribution is 2.26. The van der Waals surface area contributed by atoms with Gasteiger partial charge in [0.15, 0.2) is 0 Å². The van der Waals surface area contributed by atoms with E-state index in [0.717, 1.165) is 79.8 Å². The number of rotatable bonds is 8. The maximum Gasteiger partial charge on any atom is 0.228 e. The Bertz CT molecular complexity index is 1060. The van der Waals surface area contributed by atoms with E-state index in [4.69, 9.17) is 4.98 Å². The van der Waals surface area contributed by atoms with Crippen LogP contribution >= 0.6 is 0 Å². The van der Waals surface area contributed by atoms with Gasteiger partial charge in [0.05, 0.1) is 18.1 Å². The summed E-state index contributed by atoms with van der Waals surface area (Å²) in [5.74, 6) is 1.41. The minimum atomic E-state index is 0.0406. The van der Waals surface area contributed by atoms with E-state index in [2.05, 4.69) is 64.3 Å². The fraction of sp³-hybridized carbons (Fsp3) is 0.500. The number of amides is 1. The molecule has 2 fully saturated rings. The summed E-state index contributed by atoms with van der Waals surface area (Å²) in [7, 11) is 0. The maximum atomic E-state index is 12.6. The Morgan fingerprint density at radius 3 is 2.60 bits per heavy atom. The standard InChI is InChI=1S/C28H38N6O/c1-19(2)34-13-11-24(12-14-34)31-27-18-30-17-25(32-27)22-10-9-20(3)23(15-22)16-26(29-4)33-28(35)21-7-5-6-8-21/h9-10,15-19,21,24H,4-8,11-14H2,1-3H3,(H,31,32)(H,33,35)/b26-16+. The molecule has 0 unspecified atom stereocenters. The topological polar surface area (TPSA) is 82.5 Å².